The summed E-state index contributed by atoms with van der Waals surface area (Å²) in [4.78, 5) is 21.5. The molecule has 166 valence electrons. The molecule has 0 amide bonds. The van der Waals surface area contributed by atoms with E-state index in [1.165, 1.54) is 18.3 Å². The van der Waals surface area contributed by atoms with Crippen molar-refractivity contribution in [2.24, 2.45) is 4.99 Å². The highest BCUT2D eigenvalue weighted by Gasteiger charge is 2.10. The number of fused-ring (bicyclic) bond motifs is 1. The second-order valence-corrected chi connectivity index (χ2v) is 7.77. The van der Waals surface area contributed by atoms with Gasteiger partial charge >= 0.3 is 0 Å². The quantitative estimate of drug-likeness (QED) is 0.300. The number of pyridine rings is 1. The van der Waals surface area contributed by atoms with E-state index in [0.717, 1.165) is 38.3 Å². The molecule has 4 rings (SSSR count). The molecule has 0 radical (unpaired) electrons. The van der Waals surface area contributed by atoms with Gasteiger partial charge in [0.2, 0.25) is 5.88 Å². The van der Waals surface area contributed by atoms with Gasteiger partial charge in [-0.05, 0) is 35.4 Å². The van der Waals surface area contributed by atoms with Gasteiger partial charge in [-0.2, -0.15) is 0 Å². The van der Waals surface area contributed by atoms with Crippen molar-refractivity contribution in [3.05, 3.63) is 69.5 Å². The van der Waals surface area contributed by atoms with E-state index < -0.39 is 0 Å². The van der Waals surface area contributed by atoms with Crippen molar-refractivity contribution in [3.63, 3.8) is 0 Å². The van der Waals surface area contributed by atoms with Gasteiger partial charge in [-0.15, -0.1) is 0 Å². The van der Waals surface area contributed by atoms with E-state index in [1.807, 2.05) is 18.2 Å². The van der Waals surface area contributed by atoms with Gasteiger partial charge in [0.25, 0.3) is 5.56 Å². The number of nitrogens with zero attached hydrogens (tertiary/aromatic N) is 2. The second-order valence-electron chi connectivity index (χ2n) is 7.77. The van der Waals surface area contributed by atoms with Gasteiger partial charge in [0, 0.05) is 49.7 Å². The van der Waals surface area contributed by atoms with Gasteiger partial charge in [0.05, 0.1) is 12.1 Å². The van der Waals surface area contributed by atoms with E-state index in [9.17, 15) is 20.1 Å². The molecule has 8 nitrogen and oxygen atoms in total. The Hall–Kier alpha value is -3.62. The van der Waals surface area contributed by atoms with Crippen LogP contribution in [-0.4, -0.2) is 64.1 Å². The van der Waals surface area contributed by atoms with E-state index in [-0.39, 0.29) is 29.5 Å². The van der Waals surface area contributed by atoms with Gasteiger partial charge in [-0.1, -0.05) is 24.3 Å². The average Bonchev–Trinajstić information content (AvgIpc) is 2.79. The van der Waals surface area contributed by atoms with Crippen LogP contribution in [0.2, 0.25) is 0 Å². The fourth-order valence-electron chi connectivity index (χ4n) is 3.73. The smallest absolute Gasteiger partial charge is 0.258 e. The maximum absolute atomic E-state index is 12.3. The van der Waals surface area contributed by atoms with Crippen LogP contribution >= 0.6 is 0 Å². The normalized spacial score (nSPS) is 15.2. The molecule has 1 fully saturated rings. The van der Waals surface area contributed by atoms with Crippen LogP contribution in [0.3, 0.4) is 0 Å². The van der Waals surface area contributed by atoms with E-state index in [0.29, 0.717) is 21.9 Å². The molecule has 2 heterocycles. The number of piperazine rings is 1. The van der Waals surface area contributed by atoms with Crippen molar-refractivity contribution >= 4 is 23.1 Å². The summed E-state index contributed by atoms with van der Waals surface area (Å²) in [7, 11) is 0. The summed E-state index contributed by atoms with van der Waals surface area (Å²) in [6.07, 6.45) is 5.62. The van der Waals surface area contributed by atoms with Crippen LogP contribution in [0, 0.1) is 0 Å². The van der Waals surface area contributed by atoms with Gasteiger partial charge in [0.1, 0.15) is 0 Å². The van der Waals surface area contributed by atoms with Gasteiger partial charge < -0.3 is 20.6 Å². The van der Waals surface area contributed by atoms with Crippen LogP contribution in [0.1, 0.15) is 16.7 Å². The number of benzene rings is 2. The summed E-state index contributed by atoms with van der Waals surface area (Å²) in [6.45, 7) is 5.12. The lowest BCUT2D eigenvalue weighted by molar-refractivity contribution is 0.265. The first kappa shape index (κ1) is 21.6. The standard InChI is InChI=1S/C24H26N4O4/c29-21-6-4-17(13-22(21)30)14-26-15-20-19-12-16(2-1-9-28-10-7-25-8-11-28)3-5-18(19)23(31)27-24(20)32/h1-6,12-13,15,25,29-30H,7-11,14H2,(H2,27,31,32)/b2-1+,26-15?. The minimum absolute atomic E-state index is 0.195. The van der Waals surface area contributed by atoms with Gasteiger partial charge in [-0.3, -0.25) is 19.7 Å². The number of hydrogen-bond acceptors (Lipinski definition) is 7. The molecule has 1 aliphatic rings. The number of phenolic OH excluding ortho intramolecular Hbond substituents is 2. The number of hydrogen-bond donors (Lipinski definition) is 5. The number of aliphatic imine (C=N–C) groups is 1. The maximum atomic E-state index is 12.3. The van der Waals surface area contributed by atoms with Crippen LogP contribution in [0.15, 0.2) is 52.3 Å². The molecular weight excluding hydrogens is 408 g/mol. The molecule has 3 aromatic rings. The SMILES string of the molecule is O=c1[nH]c(O)c(C=NCc2ccc(O)c(O)c2)c2cc(/C=C/CN3CCNCC3)ccc12. The second kappa shape index (κ2) is 9.67. The zero-order valence-electron chi connectivity index (χ0n) is 17.6. The summed E-state index contributed by atoms with van der Waals surface area (Å²) < 4.78 is 0. The fraction of sp³-hybridized carbons (Fsp3) is 0.250. The van der Waals surface area contributed by atoms with Crippen LogP contribution in [-0.2, 0) is 6.54 Å². The van der Waals surface area contributed by atoms with Crippen LogP contribution in [0.25, 0.3) is 16.8 Å². The third kappa shape index (κ3) is 4.99. The minimum Gasteiger partial charge on any atom is -0.504 e. The highest BCUT2D eigenvalue weighted by Crippen LogP contribution is 2.26. The Kier molecular flexibility index (Phi) is 6.53. The van der Waals surface area contributed by atoms with Crippen LogP contribution in [0.5, 0.6) is 17.4 Å². The van der Waals surface area contributed by atoms with Gasteiger partial charge in [-0.25, -0.2) is 0 Å². The lowest BCUT2D eigenvalue weighted by Crippen LogP contribution is -2.43. The maximum Gasteiger partial charge on any atom is 0.258 e. The summed E-state index contributed by atoms with van der Waals surface area (Å²) >= 11 is 0. The van der Waals surface area contributed by atoms with E-state index in [4.69, 9.17) is 0 Å². The highest BCUT2D eigenvalue weighted by molar-refractivity contribution is 6.02. The number of H-pyrrole nitrogens is 1. The van der Waals surface area contributed by atoms with Crippen molar-refractivity contribution in [1.82, 2.24) is 15.2 Å². The van der Waals surface area contributed by atoms with Gasteiger partial charge in [0.15, 0.2) is 11.5 Å². The number of nitrogens with one attached hydrogen (secondary N) is 2. The predicted molar refractivity (Wildman–Crippen MR) is 126 cm³/mol. The van der Waals surface area contributed by atoms with E-state index >= 15 is 0 Å². The monoisotopic (exact) mass is 434 g/mol. The summed E-state index contributed by atoms with van der Waals surface area (Å²) in [6, 6.07) is 9.96. The largest absolute Gasteiger partial charge is 0.504 e. The van der Waals surface area contributed by atoms with Crippen molar-refractivity contribution < 1.29 is 15.3 Å². The molecule has 0 bridgehead atoms. The van der Waals surface area contributed by atoms with Crippen molar-refractivity contribution in [2.75, 3.05) is 32.7 Å². The first-order valence-corrected chi connectivity index (χ1v) is 10.5. The Balaban J connectivity index is 1.58. The first-order valence-electron chi connectivity index (χ1n) is 10.5. The van der Waals surface area contributed by atoms with E-state index in [2.05, 4.69) is 26.3 Å². The molecule has 1 aromatic heterocycles. The minimum atomic E-state index is -0.366. The fourth-order valence-corrected chi connectivity index (χ4v) is 3.73. The molecule has 32 heavy (non-hydrogen) atoms. The molecule has 1 saturated heterocycles. The molecule has 0 saturated carbocycles. The molecule has 8 heteroatoms. The Morgan fingerprint density at radius 1 is 1.00 bits per heavy atom. The number of phenols is 2. The average molecular weight is 434 g/mol. The first-order chi connectivity index (χ1) is 15.5. The summed E-state index contributed by atoms with van der Waals surface area (Å²) in [5, 5.41) is 33.8. The highest BCUT2D eigenvalue weighted by atomic mass is 16.3. The summed E-state index contributed by atoms with van der Waals surface area (Å²) in [5.74, 6) is -0.659. The zero-order chi connectivity index (χ0) is 22.5. The molecule has 0 spiro atoms. The number of rotatable bonds is 6. The number of aromatic amines is 1. The third-order valence-electron chi connectivity index (χ3n) is 5.48. The Morgan fingerprint density at radius 3 is 2.59 bits per heavy atom. The Labute approximate surface area is 185 Å². The lowest BCUT2D eigenvalue weighted by Gasteiger charge is -2.25. The number of aromatic nitrogens is 1. The van der Waals surface area contributed by atoms with Crippen molar-refractivity contribution in [3.8, 4) is 17.4 Å². The Bertz CT molecular complexity index is 1230. The zero-order valence-corrected chi connectivity index (χ0v) is 17.6. The van der Waals surface area contributed by atoms with E-state index in [1.54, 1.807) is 12.1 Å². The molecular formula is C24H26N4O4. The van der Waals surface area contributed by atoms with Crippen molar-refractivity contribution in [2.45, 2.75) is 6.54 Å². The molecule has 0 atom stereocenters. The topological polar surface area (TPSA) is 121 Å². The lowest BCUT2D eigenvalue weighted by atomic mass is 10.0. The Morgan fingerprint density at radius 2 is 1.81 bits per heavy atom. The molecule has 0 aliphatic carbocycles. The third-order valence-corrected chi connectivity index (χ3v) is 5.48. The van der Waals surface area contributed by atoms with Crippen LogP contribution < -0.4 is 10.9 Å². The number of aromatic hydroxyl groups is 3. The molecule has 1 aliphatic heterocycles. The predicted octanol–water partition coefficient (Wildman–Crippen LogP) is 2.18. The molecule has 5 N–H and O–H groups in total. The van der Waals surface area contributed by atoms with Crippen LogP contribution in [0.4, 0.5) is 0 Å². The summed E-state index contributed by atoms with van der Waals surface area (Å²) in [5.41, 5.74) is 1.67. The van der Waals surface area contributed by atoms with Crippen molar-refractivity contribution in [1.29, 1.82) is 0 Å². The molecule has 0 unspecified atom stereocenters. The molecule has 2 aromatic carbocycles.